The van der Waals surface area contributed by atoms with Crippen LogP contribution < -0.4 is 0 Å². The third kappa shape index (κ3) is 7.01. The SMILES string of the molecule is COC=CCCOC(C)=O. The molecule has 0 spiro atoms. The van der Waals surface area contributed by atoms with Crippen LogP contribution in [0.3, 0.4) is 0 Å². The molecule has 0 saturated heterocycles. The van der Waals surface area contributed by atoms with E-state index in [1.807, 2.05) is 0 Å². The molecule has 0 aliphatic carbocycles. The van der Waals surface area contributed by atoms with Gasteiger partial charge in [0.05, 0.1) is 20.0 Å². The van der Waals surface area contributed by atoms with Gasteiger partial charge in [-0.1, -0.05) is 0 Å². The molecule has 0 N–H and O–H groups in total. The molecule has 3 nitrogen and oxygen atoms in total. The van der Waals surface area contributed by atoms with E-state index >= 15 is 0 Å². The van der Waals surface area contributed by atoms with E-state index in [9.17, 15) is 4.79 Å². The lowest BCUT2D eigenvalue weighted by molar-refractivity contribution is -0.140. The van der Waals surface area contributed by atoms with Crippen molar-refractivity contribution in [1.29, 1.82) is 0 Å². The van der Waals surface area contributed by atoms with Crippen LogP contribution in [0.1, 0.15) is 13.3 Å². The second-order valence-corrected chi connectivity index (χ2v) is 1.74. The normalized spacial score (nSPS) is 9.80. The van der Waals surface area contributed by atoms with Crippen molar-refractivity contribution >= 4 is 5.97 Å². The Kier molecular flexibility index (Phi) is 5.53. The van der Waals surface area contributed by atoms with Crippen LogP contribution in [-0.2, 0) is 14.3 Å². The third-order valence-corrected chi connectivity index (χ3v) is 0.822. The Morgan fingerprint density at radius 2 is 2.30 bits per heavy atom. The molecule has 10 heavy (non-hydrogen) atoms. The number of rotatable bonds is 4. The van der Waals surface area contributed by atoms with Gasteiger partial charge < -0.3 is 9.47 Å². The Labute approximate surface area is 60.6 Å². The van der Waals surface area contributed by atoms with Gasteiger partial charge in [-0.25, -0.2) is 0 Å². The number of ether oxygens (including phenoxy) is 2. The highest BCUT2D eigenvalue weighted by Gasteiger charge is 1.87. The van der Waals surface area contributed by atoms with E-state index in [1.54, 1.807) is 19.4 Å². The van der Waals surface area contributed by atoms with Crippen molar-refractivity contribution in [2.45, 2.75) is 13.3 Å². The molecule has 0 aliphatic rings. The summed E-state index contributed by atoms with van der Waals surface area (Å²) in [5, 5.41) is 0. The van der Waals surface area contributed by atoms with Crippen LogP contribution in [0.15, 0.2) is 12.3 Å². The number of hydrogen-bond acceptors (Lipinski definition) is 3. The maximum absolute atomic E-state index is 10.2. The number of methoxy groups -OCH3 is 1. The smallest absolute Gasteiger partial charge is 0.302 e. The summed E-state index contributed by atoms with van der Waals surface area (Å²) in [5.41, 5.74) is 0. The summed E-state index contributed by atoms with van der Waals surface area (Å²) in [6.07, 6.45) is 4.06. The highest BCUT2D eigenvalue weighted by molar-refractivity contribution is 5.65. The molecular formula is C7H12O3. The number of esters is 1. The minimum Gasteiger partial charge on any atom is -0.505 e. The molecule has 0 atom stereocenters. The largest absolute Gasteiger partial charge is 0.505 e. The summed E-state index contributed by atoms with van der Waals surface area (Å²) in [6, 6.07) is 0. The molecule has 0 heterocycles. The summed E-state index contributed by atoms with van der Waals surface area (Å²) in [6.45, 7) is 1.81. The van der Waals surface area contributed by atoms with Crippen molar-refractivity contribution in [1.82, 2.24) is 0 Å². The topological polar surface area (TPSA) is 35.5 Å². The first-order valence-electron chi connectivity index (χ1n) is 3.08. The molecule has 0 saturated carbocycles. The highest BCUT2D eigenvalue weighted by Crippen LogP contribution is 1.85. The Balaban J connectivity index is 3.05. The Bertz CT molecular complexity index is 118. The molecule has 0 rings (SSSR count). The summed E-state index contributed by atoms with van der Waals surface area (Å²) in [5.74, 6) is -0.245. The van der Waals surface area contributed by atoms with Crippen molar-refractivity contribution in [3.05, 3.63) is 12.3 Å². The van der Waals surface area contributed by atoms with Gasteiger partial charge in [0.2, 0.25) is 0 Å². The van der Waals surface area contributed by atoms with E-state index < -0.39 is 0 Å². The van der Waals surface area contributed by atoms with Gasteiger partial charge in [0, 0.05) is 13.3 Å². The standard InChI is InChI=1S/C7H12O3/c1-7(8)10-6-4-3-5-9-2/h3,5H,4,6H2,1-2H3. The number of carbonyl (C=O) groups excluding carboxylic acids is 1. The van der Waals surface area contributed by atoms with E-state index in [0.29, 0.717) is 13.0 Å². The van der Waals surface area contributed by atoms with Gasteiger partial charge in [-0.2, -0.15) is 0 Å². The van der Waals surface area contributed by atoms with Gasteiger partial charge in [-0.05, 0) is 6.08 Å². The number of hydrogen-bond donors (Lipinski definition) is 0. The van der Waals surface area contributed by atoms with Gasteiger partial charge in [0.25, 0.3) is 0 Å². The Morgan fingerprint density at radius 1 is 1.60 bits per heavy atom. The second-order valence-electron chi connectivity index (χ2n) is 1.74. The minimum atomic E-state index is -0.245. The molecule has 0 fully saturated rings. The van der Waals surface area contributed by atoms with Crippen LogP contribution in [0.4, 0.5) is 0 Å². The summed E-state index contributed by atoms with van der Waals surface area (Å²) in [7, 11) is 1.57. The quantitative estimate of drug-likeness (QED) is 0.336. The zero-order chi connectivity index (χ0) is 7.82. The van der Waals surface area contributed by atoms with Crippen molar-refractivity contribution in [3.63, 3.8) is 0 Å². The predicted molar refractivity (Wildman–Crippen MR) is 37.4 cm³/mol. The van der Waals surface area contributed by atoms with Crippen LogP contribution in [0.5, 0.6) is 0 Å². The molecule has 0 aromatic heterocycles. The van der Waals surface area contributed by atoms with Crippen LogP contribution in [0.25, 0.3) is 0 Å². The van der Waals surface area contributed by atoms with Crippen LogP contribution in [0, 0.1) is 0 Å². The summed E-state index contributed by atoms with van der Waals surface area (Å²) < 4.78 is 9.27. The third-order valence-electron chi connectivity index (χ3n) is 0.822. The monoisotopic (exact) mass is 144 g/mol. The van der Waals surface area contributed by atoms with E-state index in [4.69, 9.17) is 0 Å². The van der Waals surface area contributed by atoms with Crippen LogP contribution >= 0.6 is 0 Å². The Hall–Kier alpha value is -0.990. The fourth-order valence-corrected chi connectivity index (χ4v) is 0.435. The van der Waals surface area contributed by atoms with E-state index in [1.165, 1.54) is 6.92 Å². The van der Waals surface area contributed by atoms with Gasteiger partial charge >= 0.3 is 5.97 Å². The minimum absolute atomic E-state index is 0.245. The number of carbonyl (C=O) groups is 1. The first-order valence-corrected chi connectivity index (χ1v) is 3.08. The van der Waals surface area contributed by atoms with E-state index in [2.05, 4.69) is 9.47 Å². The molecule has 3 heteroatoms. The van der Waals surface area contributed by atoms with Crippen molar-refractivity contribution in [3.8, 4) is 0 Å². The van der Waals surface area contributed by atoms with Crippen molar-refractivity contribution in [2.75, 3.05) is 13.7 Å². The average Bonchev–Trinajstić information content (AvgIpc) is 1.87. The van der Waals surface area contributed by atoms with Gasteiger partial charge in [0.15, 0.2) is 0 Å². The fraction of sp³-hybridized carbons (Fsp3) is 0.571. The van der Waals surface area contributed by atoms with Crippen LogP contribution in [0.2, 0.25) is 0 Å². The van der Waals surface area contributed by atoms with E-state index in [0.717, 1.165) is 0 Å². The lowest BCUT2D eigenvalue weighted by Crippen LogP contribution is -1.98. The molecule has 0 unspecified atom stereocenters. The molecular weight excluding hydrogens is 132 g/mol. The highest BCUT2D eigenvalue weighted by atomic mass is 16.5. The maximum Gasteiger partial charge on any atom is 0.302 e. The fourth-order valence-electron chi connectivity index (χ4n) is 0.435. The van der Waals surface area contributed by atoms with Crippen molar-refractivity contribution < 1.29 is 14.3 Å². The molecule has 0 aliphatic heterocycles. The first-order chi connectivity index (χ1) is 4.77. The molecule has 0 aromatic carbocycles. The van der Waals surface area contributed by atoms with E-state index in [-0.39, 0.29) is 5.97 Å². The summed E-state index contributed by atoms with van der Waals surface area (Å²) >= 11 is 0. The van der Waals surface area contributed by atoms with Gasteiger partial charge in [-0.3, -0.25) is 4.79 Å². The average molecular weight is 144 g/mol. The zero-order valence-corrected chi connectivity index (χ0v) is 6.29. The lowest BCUT2D eigenvalue weighted by Gasteiger charge is -1.95. The molecule has 0 bridgehead atoms. The Morgan fingerprint density at radius 3 is 2.80 bits per heavy atom. The first kappa shape index (κ1) is 9.01. The van der Waals surface area contributed by atoms with Gasteiger partial charge in [-0.15, -0.1) is 0 Å². The summed E-state index contributed by atoms with van der Waals surface area (Å²) in [4.78, 5) is 10.2. The second kappa shape index (κ2) is 6.13. The van der Waals surface area contributed by atoms with Crippen LogP contribution in [-0.4, -0.2) is 19.7 Å². The predicted octanol–water partition coefficient (Wildman–Crippen LogP) is 1.10. The lowest BCUT2D eigenvalue weighted by atomic mass is 10.4. The molecule has 0 amide bonds. The van der Waals surface area contributed by atoms with Crippen molar-refractivity contribution in [2.24, 2.45) is 0 Å². The molecule has 0 aromatic rings. The zero-order valence-electron chi connectivity index (χ0n) is 6.29. The molecule has 0 radical (unpaired) electrons. The molecule has 58 valence electrons. The van der Waals surface area contributed by atoms with Gasteiger partial charge in [0.1, 0.15) is 0 Å². The maximum atomic E-state index is 10.2.